The molecule has 2 N–H and O–H groups in total. The number of aromatic hydroxyl groups is 2. The predicted octanol–water partition coefficient (Wildman–Crippen LogP) is 2.38. The van der Waals surface area contributed by atoms with E-state index >= 15 is 0 Å². The van der Waals surface area contributed by atoms with Crippen molar-refractivity contribution in [1.82, 2.24) is 0 Å². The molecule has 3 nitrogen and oxygen atoms in total. The molecule has 0 saturated heterocycles. The lowest BCUT2D eigenvalue weighted by Gasteiger charge is -2.12. The van der Waals surface area contributed by atoms with Crippen LogP contribution in [-0.2, 0) is 0 Å². The van der Waals surface area contributed by atoms with Crippen molar-refractivity contribution in [3.63, 3.8) is 0 Å². The molecule has 13 heavy (non-hydrogen) atoms. The van der Waals surface area contributed by atoms with Gasteiger partial charge in [0.1, 0.15) is 0 Å². The van der Waals surface area contributed by atoms with Gasteiger partial charge in [-0.05, 0) is 13.8 Å². The van der Waals surface area contributed by atoms with Crippen molar-refractivity contribution in [2.75, 3.05) is 7.11 Å². The summed E-state index contributed by atoms with van der Waals surface area (Å²) in [5.74, 6) is -0.276. The summed E-state index contributed by atoms with van der Waals surface area (Å²) in [6.45, 7) is 3.34. The molecule has 72 valence electrons. The predicted molar refractivity (Wildman–Crippen MR) is 50.8 cm³/mol. The molecule has 1 aromatic carbocycles. The zero-order valence-electron chi connectivity index (χ0n) is 7.68. The molecule has 0 unspecified atom stereocenters. The van der Waals surface area contributed by atoms with Crippen LogP contribution in [0.1, 0.15) is 11.1 Å². The molecule has 0 bridgehead atoms. The number of hydrogen-bond donors (Lipinski definition) is 2. The van der Waals surface area contributed by atoms with E-state index in [9.17, 15) is 10.2 Å². The maximum Gasteiger partial charge on any atom is 0.201 e. The Balaban J connectivity index is 3.56. The third kappa shape index (κ3) is 1.40. The number of ether oxygens (including phenoxy) is 1. The van der Waals surface area contributed by atoms with Crippen LogP contribution in [0.2, 0.25) is 5.02 Å². The summed E-state index contributed by atoms with van der Waals surface area (Å²) < 4.78 is 4.90. The number of phenolic OH excluding ortho intramolecular Hbond substituents is 2. The maximum absolute atomic E-state index is 9.45. The van der Waals surface area contributed by atoms with Crippen molar-refractivity contribution >= 4 is 11.6 Å². The van der Waals surface area contributed by atoms with Gasteiger partial charge >= 0.3 is 0 Å². The molecule has 0 spiro atoms. The third-order valence-corrected chi connectivity index (χ3v) is 2.56. The Morgan fingerprint density at radius 3 is 2.08 bits per heavy atom. The fourth-order valence-corrected chi connectivity index (χ4v) is 1.37. The molecule has 4 heteroatoms. The molecule has 0 aliphatic rings. The van der Waals surface area contributed by atoms with Crippen LogP contribution < -0.4 is 4.74 Å². The lowest BCUT2D eigenvalue weighted by molar-refractivity contribution is 0.347. The summed E-state index contributed by atoms with van der Waals surface area (Å²) in [6.07, 6.45) is 0. The molecule has 0 radical (unpaired) electrons. The van der Waals surface area contributed by atoms with Crippen LogP contribution in [0.5, 0.6) is 17.2 Å². The third-order valence-electron chi connectivity index (χ3n) is 2.00. The average Bonchev–Trinajstić information content (AvgIpc) is 2.13. The monoisotopic (exact) mass is 202 g/mol. The van der Waals surface area contributed by atoms with Crippen LogP contribution in [0.25, 0.3) is 0 Å². The summed E-state index contributed by atoms with van der Waals surface area (Å²) in [6, 6.07) is 0. The molecule has 0 heterocycles. The van der Waals surface area contributed by atoms with Crippen molar-refractivity contribution in [1.29, 1.82) is 0 Å². The number of phenols is 2. The van der Waals surface area contributed by atoms with E-state index in [1.54, 1.807) is 13.8 Å². The van der Waals surface area contributed by atoms with E-state index in [1.165, 1.54) is 7.11 Å². The Bertz CT molecular complexity index is 318. The van der Waals surface area contributed by atoms with Gasteiger partial charge in [0.15, 0.2) is 11.5 Å². The van der Waals surface area contributed by atoms with Crippen molar-refractivity contribution in [3.05, 3.63) is 16.1 Å². The van der Waals surface area contributed by atoms with Crippen LogP contribution in [-0.4, -0.2) is 17.3 Å². The Kier molecular flexibility index (Phi) is 2.57. The highest BCUT2D eigenvalue weighted by atomic mass is 35.5. The van der Waals surface area contributed by atoms with E-state index in [-0.39, 0.29) is 17.2 Å². The number of benzene rings is 1. The van der Waals surface area contributed by atoms with E-state index in [4.69, 9.17) is 16.3 Å². The first-order chi connectivity index (χ1) is 6.00. The molecule has 0 atom stereocenters. The van der Waals surface area contributed by atoms with E-state index in [1.807, 2.05) is 0 Å². The zero-order valence-corrected chi connectivity index (χ0v) is 8.44. The van der Waals surface area contributed by atoms with Gasteiger partial charge in [-0.25, -0.2) is 0 Å². The first-order valence-corrected chi connectivity index (χ1v) is 4.13. The molecule has 0 amide bonds. The minimum Gasteiger partial charge on any atom is -0.504 e. The topological polar surface area (TPSA) is 49.7 Å². The fraction of sp³-hybridized carbons (Fsp3) is 0.333. The Hall–Kier alpha value is -1.09. The molecule has 0 aliphatic heterocycles. The summed E-state index contributed by atoms with van der Waals surface area (Å²) in [7, 11) is 1.41. The Labute approximate surface area is 81.5 Å². The number of hydrogen-bond acceptors (Lipinski definition) is 3. The maximum atomic E-state index is 9.45. The van der Waals surface area contributed by atoms with Gasteiger partial charge in [-0.1, -0.05) is 11.6 Å². The quantitative estimate of drug-likeness (QED) is 0.688. The van der Waals surface area contributed by atoms with Gasteiger partial charge in [-0.3, -0.25) is 0 Å². The molecule has 1 rings (SSSR count). The van der Waals surface area contributed by atoms with Crippen LogP contribution in [0.3, 0.4) is 0 Å². The highest BCUT2D eigenvalue weighted by Crippen LogP contribution is 2.44. The van der Waals surface area contributed by atoms with Gasteiger partial charge in [-0.15, -0.1) is 0 Å². The number of halogens is 1. The summed E-state index contributed by atoms with van der Waals surface area (Å²) in [4.78, 5) is 0. The summed E-state index contributed by atoms with van der Waals surface area (Å²) in [5, 5.41) is 19.3. The Morgan fingerprint density at radius 1 is 1.08 bits per heavy atom. The minimum atomic E-state index is -0.262. The van der Waals surface area contributed by atoms with Crippen molar-refractivity contribution in [2.24, 2.45) is 0 Å². The van der Waals surface area contributed by atoms with Crippen LogP contribution >= 0.6 is 11.6 Å². The first-order valence-electron chi connectivity index (χ1n) is 3.75. The second kappa shape index (κ2) is 3.34. The molecule has 0 fully saturated rings. The van der Waals surface area contributed by atoms with Crippen molar-refractivity contribution in [3.8, 4) is 17.2 Å². The van der Waals surface area contributed by atoms with E-state index in [0.717, 1.165) is 0 Å². The van der Waals surface area contributed by atoms with E-state index in [2.05, 4.69) is 0 Å². The normalized spacial score (nSPS) is 10.2. The van der Waals surface area contributed by atoms with Crippen molar-refractivity contribution in [2.45, 2.75) is 13.8 Å². The smallest absolute Gasteiger partial charge is 0.201 e. The average molecular weight is 203 g/mol. The number of methoxy groups -OCH3 is 1. The highest BCUT2D eigenvalue weighted by molar-refractivity contribution is 6.32. The molecular weight excluding hydrogens is 192 g/mol. The van der Waals surface area contributed by atoms with Crippen molar-refractivity contribution < 1.29 is 14.9 Å². The standard InChI is InChI=1S/C9H11ClO3/c1-4-6(10)5(2)9(13-3)8(12)7(4)11/h11-12H,1-3H3. The molecule has 0 saturated carbocycles. The van der Waals surface area contributed by atoms with Gasteiger partial charge in [0.05, 0.1) is 12.1 Å². The first kappa shape index (κ1) is 9.99. The second-order valence-corrected chi connectivity index (χ2v) is 3.17. The second-order valence-electron chi connectivity index (χ2n) is 2.79. The van der Waals surface area contributed by atoms with E-state index in [0.29, 0.717) is 16.1 Å². The van der Waals surface area contributed by atoms with E-state index < -0.39 is 0 Å². The Morgan fingerprint density at radius 2 is 1.62 bits per heavy atom. The minimum absolute atomic E-state index is 0.216. The van der Waals surface area contributed by atoms with Gasteiger partial charge in [0.2, 0.25) is 5.75 Å². The lowest BCUT2D eigenvalue weighted by atomic mass is 10.1. The van der Waals surface area contributed by atoms with Crippen LogP contribution in [0, 0.1) is 13.8 Å². The SMILES string of the molecule is COc1c(C)c(Cl)c(C)c(O)c1O. The number of rotatable bonds is 1. The zero-order chi connectivity index (χ0) is 10.2. The summed E-state index contributed by atoms with van der Waals surface area (Å²) in [5.41, 5.74) is 1.08. The highest BCUT2D eigenvalue weighted by Gasteiger charge is 2.17. The molecule has 0 aliphatic carbocycles. The molecule has 0 aromatic heterocycles. The van der Waals surface area contributed by atoms with Crippen LogP contribution in [0.15, 0.2) is 0 Å². The lowest BCUT2D eigenvalue weighted by Crippen LogP contribution is -1.91. The summed E-state index contributed by atoms with van der Waals surface area (Å²) >= 11 is 5.89. The largest absolute Gasteiger partial charge is 0.504 e. The van der Waals surface area contributed by atoms with Crippen LogP contribution in [0.4, 0.5) is 0 Å². The van der Waals surface area contributed by atoms with Gasteiger partial charge in [0, 0.05) is 11.1 Å². The fourth-order valence-electron chi connectivity index (χ4n) is 1.20. The van der Waals surface area contributed by atoms with Gasteiger partial charge in [0.25, 0.3) is 0 Å². The van der Waals surface area contributed by atoms with Gasteiger partial charge in [-0.2, -0.15) is 0 Å². The molecular formula is C9H11ClO3. The van der Waals surface area contributed by atoms with Gasteiger partial charge < -0.3 is 14.9 Å². The molecule has 1 aromatic rings.